The molecule has 20 heavy (non-hydrogen) atoms. The Morgan fingerprint density at radius 2 is 2.25 bits per heavy atom. The van der Waals surface area contributed by atoms with Gasteiger partial charge in [0.05, 0.1) is 16.3 Å². The standard InChI is InChI=1S/C12H14N4OS.2ClH/c13-12-16-8-4-3-7(6-10(8)18-12)15-11(17)9-2-1-5-14-9;;/h3-4,6,9,14H,1-2,5H2,(H2,13,16)(H,15,17);2*1H/t9-;;/m0../s1. The summed E-state index contributed by atoms with van der Waals surface area (Å²) in [7, 11) is 0. The van der Waals surface area contributed by atoms with Gasteiger partial charge in [-0.3, -0.25) is 4.79 Å². The molecular weight excluding hydrogens is 319 g/mol. The smallest absolute Gasteiger partial charge is 0.241 e. The maximum absolute atomic E-state index is 11.9. The van der Waals surface area contributed by atoms with Crippen LogP contribution >= 0.6 is 36.2 Å². The lowest BCUT2D eigenvalue weighted by atomic mass is 10.2. The molecule has 0 spiro atoms. The van der Waals surface area contributed by atoms with E-state index in [2.05, 4.69) is 15.6 Å². The van der Waals surface area contributed by atoms with Crippen LogP contribution in [0.25, 0.3) is 10.2 Å². The van der Waals surface area contributed by atoms with E-state index in [4.69, 9.17) is 5.73 Å². The minimum Gasteiger partial charge on any atom is -0.375 e. The molecule has 1 amide bonds. The second-order valence-electron chi connectivity index (χ2n) is 4.37. The van der Waals surface area contributed by atoms with Crippen LogP contribution in [0, 0.1) is 0 Å². The monoisotopic (exact) mass is 334 g/mol. The van der Waals surface area contributed by atoms with Crippen LogP contribution in [0.4, 0.5) is 10.8 Å². The summed E-state index contributed by atoms with van der Waals surface area (Å²) in [4.78, 5) is 16.1. The molecule has 2 aromatic rings. The van der Waals surface area contributed by atoms with Crippen LogP contribution in [0.1, 0.15) is 12.8 Å². The first-order valence-electron chi connectivity index (χ1n) is 5.93. The van der Waals surface area contributed by atoms with Gasteiger partial charge in [-0.25, -0.2) is 4.98 Å². The number of nitrogen functional groups attached to an aromatic ring is 1. The van der Waals surface area contributed by atoms with Gasteiger partial charge in [0.15, 0.2) is 5.13 Å². The molecule has 1 atom stereocenters. The lowest BCUT2D eigenvalue weighted by molar-refractivity contribution is -0.117. The first-order valence-corrected chi connectivity index (χ1v) is 6.74. The van der Waals surface area contributed by atoms with Gasteiger partial charge in [-0.2, -0.15) is 0 Å². The van der Waals surface area contributed by atoms with E-state index >= 15 is 0 Å². The number of carbonyl (C=O) groups excluding carboxylic acids is 1. The molecule has 0 radical (unpaired) electrons. The summed E-state index contributed by atoms with van der Waals surface area (Å²) in [5.41, 5.74) is 7.32. The Morgan fingerprint density at radius 1 is 1.45 bits per heavy atom. The molecule has 0 aliphatic carbocycles. The minimum atomic E-state index is -0.0628. The number of aromatic nitrogens is 1. The third-order valence-electron chi connectivity index (χ3n) is 3.05. The van der Waals surface area contributed by atoms with Gasteiger partial charge in [-0.05, 0) is 37.6 Å². The zero-order chi connectivity index (χ0) is 12.5. The topological polar surface area (TPSA) is 80.0 Å². The van der Waals surface area contributed by atoms with Crippen molar-refractivity contribution >= 4 is 63.1 Å². The molecule has 1 aromatic carbocycles. The van der Waals surface area contributed by atoms with E-state index in [0.717, 1.165) is 35.3 Å². The molecule has 2 heterocycles. The van der Waals surface area contributed by atoms with E-state index in [1.54, 1.807) is 0 Å². The zero-order valence-corrected chi connectivity index (χ0v) is 13.0. The molecule has 3 rings (SSSR count). The number of hydrogen-bond donors (Lipinski definition) is 3. The molecule has 1 aliphatic heterocycles. The summed E-state index contributed by atoms with van der Waals surface area (Å²) in [5, 5.41) is 6.65. The van der Waals surface area contributed by atoms with Crippen LogP contribution in [0.15, 0.2) is 18.2 Å². The average Bonchev–Trinajstić information content (AvgIpc) is 2.95. The van der Waals surface area contributed by atoms with E-state index in [0.29, 0.717) is 5.13 Å². The number of nitrogens with one attached hydrogen (secondary N) is 2. The van der Waals surface area contributed by atoms with Crippen molar-refractivity contribution in [3.05, 3.63) is 18.2 Å². The number of anilines is 2. The Bertz CT molecular complexity index is 598. The van der Waals surface area contributed by atoms with E-state index in [1.165, 1.54) is 11.3 Å². The third-order valence-corrected chi connectivity index (χ3v) is 3.90. The van der Waals surface area contributed by atoms with Crippen LogP contribution in [-0.2, 0) is 4.79 Å². The van der Waals surface area contributed by atoms with E-state index in [9.17, 15) is 4.79 Å². The third kappa shape index (κ3) is 3.52. The summed E-state index contributed by atoms with van der Waals surface area (Å²) >= 11 is 1.43. The Labute approximate surface area is 133 Å². The van der Waals surface area contributed by atoms with Crippen molar-refractivity contribution in [1.29, 1.82) is 0 Å². The number of halogens is 2. The summed E-state index contributed by atoms with van der Waals surface area (Å²) in [6.45, 7) is 0.919. The first-order chi connectivity index (χ1) is 8.72. The largest absolute Gasteiger partial charge is 0.375 e. The molecule has 0 unspecified atom stereocenters. The molecule has 5 nitrogen and oxygen atoms in total. The number of rotatable bonds is 2. The van der Waals surface area contributed by atoms with Gasteiger partial charge in [0.1, 0.15) is 0 Å². The van der Waals surface area contributed by atoms with Crippen LogP contribution in [0.5, 0.6) is 0 Å². The molecule has 110 valence electrons. The van der Waals surface area contributed by atoms with Crippen molar-refractivity contribution in [2.75, 3.05) is 17.6 Å². The molecule has 1 saturated heterocycles. The Balaban J connectivity index is 0.000001000. The average molecular weight is 335 g/mol. The van der Waals surface area contributed by atoms with Gasteiger partial charge in [0.25, 0.3) is 0 Å². The maximum atomic E-state index is 11.9. The number of hydrogen-bond acceptors (Lipinski definition) is 5. The van der Waals surface area contributed by atoms with Crippen LogP contribution in [0.3, 0.4) is 0 Å². The molecule has 4 N–H and O–H groups in total. The lowest BCUT2D eigenvalue weighted by Crippen LogP contribution is -2.35. The first kappa shape index (κ1) is 17.0. The molecule has 1 aliphatic rings. The minimum absolute atomic E-state index is 0. The Morgan fingerprint density at radius 3 is 2.95 bits per heavy atom. The van der Waals surface area contributed by atoms with Crippen molar-refractivity contribution in [1.82, 2.24) is 10.3 Å². The number of amides is 1. The second-order valence-corrected chi connectivity index (χ2v) is 5.44. The van der Waals surface area contributed by atoms with E-state index in [1.807, 2.05) is 18.2 Å². The number of fused-ring (bicyclic) bond motifs is 1. The SMILES string of the molecule is Cl.Cl.Nc1nc2ccc(NC(=O)[C@@H]3CCCN3)cc2s1. The highest BCUT2D eigenvalue weighted by atomic mass is 35.5. The highest BCUT2D eigenvalue weighted by Gasteiger charge is 2.21. The van der Waals surface area contributed by atoms with Crippen molar-refractivity contribution < 1.29 is 4.79 Å². The summed E-state index contributed by atoms with van der Waals surface area (Å²) < 4.78 is 0.990. The highest BCUT2D eigenvalue weighted by molar-refractivity contribution is 7.22. The van der Waals surface area contributed by atoms with Gasteiger partial charge < -0.3 is 16.4 Å². The number of nitrogens with zero attached hydrogens (tertiary/aromatic N) is 1. The predicted octanol–water partition coefficient (Wildman–Crippen LogP) is 2.41. The van der Waals surface area contributed by atoms with Crippen molar-refractivity contribution in [2.45, 2.75) is 18.9 Å². The fourth-order valence-electron chi connectivity index (χ4n) is 2.16. The molecular formula is C12H16Cl2N4OS. The molecule has 1 fully saturated rings. The van der Waals surface area contributed by atoms with E-state index in [-0.39, 0.29) is 36.8 Å². The van der Waals surface area contributed by atoms with Gasteiger partial charge in [0, 0.05) is 5.69 Å². The van der Waals surface area contributed by atoms with Crippen LogP contribution in [0.2, 0.25) is 0 Å². The Hall–Kier alpha value is -1.08. The van der Waals surface area contributed by atoms with Crippen molar-refractivity contribution in [3.63, 3.8) is 0 Å². The predicted molar refractivity (Wildman–Crippen MR) is 88.2 cm³/mol. The van der Waals surface area contributed by atoms with Gasteiger partial charge >= 0.3 is 0 Å². The number of thiazole rings is 1. The summed E-state index contributed by atoms with van der Waals surface area (Å²) in [5.74, 6) is 0.0318. The lowest BCUT2D eigenvalue weighted by Gasteiger charge is -2.10. The highest BCUT2D eigenvalue weighted by Crippen LogP contribution is 2.26. The molecule has 8 heteroatoms. The van der Waals surface area contributed by atoms with Gasteiger partial charge in [0.2, 0.25) is 5.91 Å². The molecule has 0 saturated carbocycles. The molecule has 1 aromatic heterocycles. The van der Waals surface area contributed by atoms with Crippen LogP contribution < -0.4 is 16.4 Å². The van der Waals surface area contributed by atoms with Gasteiger partial charge in [-0.1, -0.05) is 11.3 Å². The maximum Gasteiger partial charge on any atom is 0.241 e. The summed E-state index contributed by atoms with van der Waals surface area (Å²) in [6.07, 6.45) is 1.96. The fourth-order valence-corrected chi connectivity index (χ4v) is 2.93. The summed E-state index contributed by atoms with van der Waals surface area (Å²) in [6, 6.07) is 5.58. The second kappa shape index (κ2) is 7.08. The van der Waals surface area contributed by atoms with Gasteiger partial charge in [-0.15, -0.1) is 24.8 Å². The molecule has 0 bridgehead atoms. The fraction of sp³-hybridized carbons (Fsp3) is 0.333. The van der Waals surface area contributed by atoms with E-state index < -0.39 is 0 Å². The zero-order valence-electron chi connectivity index (χ0n) is 10.6. The normalized spacial score (nSPS) is 17.3. The number of carbonyl (C=O) groups is 1. The van der Waals surface area contributed by atoms with Crippen LogP contribution in [-0.4, -0.2) is 23.5 Å². The Kier molecular flexibility index (Phi) is 6.01. The number of nitrogens with two attached hydrogens (primary N) is 1. The van der Waals surface area contributed by atoms with Crippen molar-refractivity contribution in [3.8, 4) is 0 Å². The van der Waals surface area contributed by atoms with Crippen molar-refractivity contribution in [2.24, 2.45) is 0 Å². The quantitative estimate of drug-likeness (QED) is 0.787. The number of benzene rings is 1.